The number of ether oxygens (including phenoxy) is 2. The molecule has 0 aromatic heterocycles. The Bertz CT molecular complexity index is 1360. The molecule has 0 aliphatic heterocycles. The van der Waals surface area contributed by atoms with Crippen molar-refractivity contribution in [1.29, 1.82) is 0 Å². The third-order valence-corrected chi connectivity index (χ3v) is 8.19. The quantitative estimate of drug-likeness (QED) is 0.255. The molecule has 1 amide bonds. The first-order valence-corrected chi connectivity index (χ1v) is 13.8. The topological polar surface area (TPSA) is 84.9 Å². The van der Waals surface area contributed by atoms with E-state index < -0.39 is 34.2 Å². The van der Waals surface area contributed by atoms with Gasteiger partial charge in [0.2, 0.25) is 5.91 Å². The number of carbonyl (C=O) groups excluding carboxylic acids is 1. The van der Waals surface area contributed by atoms with Gasteiger partial charge in [0.25, 0.3) is 10.0 Å². The number of rotatable bonds is 11. The number of hydrogen-bond donors (Lipinski definition) is 1. The van der Waals surface area contributed by atoms with Crippen LogP contribution in [0.2, 0.25) is 0 Å². The summed E-state index contributed by atoms with van der Waals surface area (Å²) in [6.07, 6.45) is -4.70. The molecule has 0 aliphatic rings. The van der Waals surface area contributed by atoms with Gasteiger partial charge in [-0.1, -0.05) is 23.8 Å². The molecule has 7 nitrogen and oxygen atoms in total. The first-order chi connectivity index (χ1) is 18.0. The Morgan fingerprint density at radius 1 is 0.974 bits per heavy atom. The highest BCUT2D eigenvalue weighted by Gasteiger charge is 2.33. The maximum absolute atomic E-state index is 13.6. The van der Waals surface area contributed by atoms with Gasteiger partial charge in [0.1, 0.15) is 6.54 Å². The molecule has 0 heterocycles. The average molecular weight is 569 g/mol. The molecule has 0 saturated carbocycles. The lowest BCUT2D eigenvalue weighted by atomic mass is 10.2. The highest BCUT2D eigenvalue weighted by molar-refractivity contribution is 7.99. The number of nitrogens with one attached hydrogen (secondary N) is 1. The lowest BCUT2D eigenvalue weighted by Gasteiger charge is -2.25. The summed E-state index contributed by atoms with van der Waals surface area (Å²) in [4.78, 5) is 13.5. The van der Waals surface area contributed by atoms with E-state index in [0.717, 1.165) is 22.6 Å². The Labute approximate surface area is 224 Å². The molecule has 0 bridgehead atoms. The van der Waals surface area contributed by atoms with E-state index in [9.17, 15) is 26.4 Å². The maximum Gasteiger partial charge on any atom is 0.416 e. The van der Waals surface area contributed by atoms with Crippen molar-refractivity contribution in [2.45, 2.75) is 22.9 Å². The van der Waals surface area contributed by atoms with Gasteiger partial charge in [-0.3, -0.25) is 9.10 Å². The Morgan fingerprint density at radius 3 is 2.29 bits per heavy atom. The number of alkyl halides is 3. The van der Waals surface area contributed by atoms with E-state index in [4.69, 9.17) is 9.47 Å². The van der Waals surface area contributed by atoms with Gasteiger partial charge in [0, 0.05) is 23.3 Å². The fraction of sp³-hybridized carbons (Fsp3) is 0.269. The predicted octanol–water partition coefficient (Wildman–Crippen LogP) is 5.13. The highest BCUT2D eigenvalue weighted by Crippen LogP contribution is 2.35. The smallest absolute Gasteiger partial charge is 0.416 e. The largest absolute Gasteiger partial charge is 0.493 e. The minimum Gasteiger partial charge on any atom is -0.493 e. The number of anilines is 1. The predicted molar refractivity (Wildman–Crippen MR) is 140 cm³/mol. The van der Waals surface area contributed by atoms with Gasteiger partial charge in [0.15, 0.2) is 11.5 Å². The van der Waals surface area contributed by atoms with Crippen LogP contribution in [0.15, 0.2) is 76.5 Å². The summed E-state index contributed by atoms with van der Waals surface area (Å²) in [5, 5.41) is 2.64. The zero-order valence-electron chi connectivity index (χ0n) is 20.9. The fourth-order valence-corrected chi connectivity index (χ4v) is 5.63. The van der Waals surface area contributed by atoms with E-state index in [-0.39, 0.29) is 28.6 Å². The molecule has 3 aromatic carbocycles. The average Bonchev–Trinajstić information content (AvgIpc) is 2.89. The van der Waals surface area contributed by atoms with Gasteiger partial charge >= 0.3 is 6.18 Å². The first-order valence-electron chi connectivity index (χ1n) is 11.3. The summed E-state index contributed by atoms with van der Waals surface area (Å²) < 4.78 is 78.3. The Hall–Kier alpha value is -3.38. The number of nitrogens with zero attached hydrogens (tertiary/aromatic N) is 1. The van der Waals surface area contributed by atoms with Crippen LogP contribution in [0.25, 0.3) is 0 Å². The molecule has 3 aromatic rings. The van der Waals surface area contributed by atoms with Crippen molar-refractivity contribution in [2.24, 2.45) is 0 Å². The number of methoxy groups -OCH3 is 2. The molecule has 0 spiro atoms. The Balaban J connectivity index is 1.85. The van der Waals surface area contributed by atoms with Crippen LogP contribution in [0.4, 0.5) is 18.9 Å². The van der Waals surface area contributed by atoms with Gasteiger partial charge in [-0.05, 0) is 49.4 Å². The second-order valence-corrected chi connectivity index (χ2v) is 11.1. The molecule has 1 N–H and O–H groups in total. The van der Waals surface area contributed by atoms with Crippen molar-refractivity contribution < 1.29 is 35.9 Å². The lowest BCUT2D eigenvalue weighted by Crippen LogP contribution is -2.41. The first kappa shape index (κ1) is 29.2. The Morgan fingerprint density at radius 2 is 1.66 bits per heavy atom. The minimum atomic E-state index is -4.70. The van der Waals surface area contributed by atoms with Crippen molar-refractivity contribution in [1.82, 2.24) is 5.32 Å². The summed E-state index contributed by atoms with van der Waals surface area (Å²) in [7, 11) is -1.78. The van der Waals surface area contributed by atoms with Gasteiger partial charge < -0.3 is 14.8 Å². The van der Waals surface area contributed by atoms with E-state index >= 15 is 0 Å². The zero-order chi connectivity index (χ0) is 27.9. The van der Waals surface area contributed by atoms with E-state index in [1.54, 1.807) is 0 Å². The van der Waals surface area contributed by atoms with Crippen molar-refractivity contribution in [3.8, 4) is 11.5 Å². The van der Waals surface area contributed by atoms with Crippen LogP contribution in [-0.4, -0.2) is 47.4 Å². The number of carbonyl (C=O) groups is 1. The highest BCUT2D eigenvalue weighted by atomic mass is 32.2. The van der Waals surface area contributed by atoms with Gasteiger partial charge in [0.05, 0.1) is 30.4 Å². The standard InChI is InChI=1S/C26H27F3N2O5S2/c1-18-7-9-21(10-8-18)37-14-13-30-25(32)17-31(20-6-4-5-19(15-20)26(27,28)29)38(33,34)22-11-12-23(35-2)24(16-22)36-3/h4-12,15-16H,13-14,17H2,1-3H3,(H,30,32). The summed E-state index contributed by atoms with van der Waals surface area (Å²) in [6, 6.07) is 15.4. The van der Waals surface area contributed by atoms with Gasteiger partial charge in [-0.25, -0.2) is 8.42 Å². The second-order valence-electron chi connectivity index (χ2n) is 8.09. The van der Waals surface area contributed by atoms with Crippen molar-refractivity contribution >= 4 is 33.4 Å². The van der Waals surface area contributed by atoms with E-state index in [2.05, 4.69) is 5.32 Å². The molecular formula is C26H27F3N2O5S2. The van der Waals surface area contributed by atoms with Gasteiger partial charge in [-0.2, -0.15) is 13.2 Å². The number of benzene rings is 3. The molecule has 3 rings (SSSR count). The number of sulfonamides is 1. The molecule has 204 valence electrons. The van der Waals surface area contributed by atoms with E-state index in [0.29, 0.717) is 16.1 Å². The maximum atomic E-state index is 13.6. The molecule has 0 saturated heterocycles. The van der Waals surface area contributed by atoms with Crippen molar-refractivity contribution in [3.63, 3.8) is 0 Å². The van der Waals surface area contributed by atoms with Crippen LogP contribution in [0.3, 0.4) is 0 Å². The summed E-state index contributed by atoms with van der Waals surface area (Å²) in [5.41, 5.74) is -0.232. The van der Waals surface area contributed by atoms with E-state index in [1.165, 1.54) is 50.2 Å². The summed E-state index contributed by atoms with van der Waals surface area (Å²) >= 11 is 1.50. The summed E-state index contributed by atoms with van der Waals surface area (Å²) in [5.74, 6) is 0.216. The second kappa shape index (κ2) is 12.4. The monoisotopic (exact) mass is 568 g/mol. The number of halogens is 3. The van der Waals surface area contributed by atoms with Crippen LogP contribution >= 0.6 is 11.8 Å². The molecule has 0 atom stereocenters. The number of aryl methyl sites for hydroxylation is 1. The molecule has 0 fully saturated rings. The molecule has 0 unspecified atom stereocenters. The van der Waals surface area contributed by atoms with Crippen LogP contribution in [-0.2, 0) is 21.0 Å². The normalized spacial score (nSPS) is 11.6. The zero-order valence-corrected chi connectivity index (χ0v) is 22.5. The molecule has 38 heavy (non-hydrogen) atoms. The van der Waals surface area contributed by atoms with Crippen LogP contribution in [0.1, 0.15) is 11.1 Å². The van der Waals surface area contributed by atoms with E-state index in [1.807, 2.05) is 31.2 Å². The summed E-state index contributed by atoms with van der Waals surface area (Å²) in [6.45, 7) is 1.47. The SMILES string of the molecule is COc1ccc(S(=O)(=O)N(CC(=O)NCCSc2ccc(C)cc2)c2cccc(C(F)(F)F)c2)cc1OC. The molecule has 0 aliphatic carbocycles. The number of amides is 1. The molecule has 12 heteroatoms. The fourth-order valence-electron chi connectivity index (χ4n) is 3.44. The van der Waals surface area contributed by atoms with Crippen LogP contribution in [0.5, 0.6) is 11.5 Å². The van der Waals surface area contributed by atoms with Crippen molar-refractivity contribution in [2.75, 3.05) is 37.4 Å². The molecule has 0 radical (unpaired) electrons. The number of hydrogen-bond acceptors (Lipinski definition) is 6. The molecular weight excluding hydrogens is 541 g/mol. The third-order valence-electron chi connectivity index (χ3n) is 5.41. The van der Waals surface area contributed by atoms with Crippen LogP contribution < -0.4 is 19.1 Å². The van der Waals surface area contributed by atoms with Crippen LogP contribution in [0, 0.1) is 6.92 Å². The lowest BCUT2D eigenvalue weighted by molar-refractivity contribution is -0.137. The minimum absolute atomic E-state index is 0.107. The van der Waals surface area contributed by atoms with Crippen molar-refractivity contribution in [3.05, 3.63) is 77.9 Å². The third kappa shape index (κ3) is 7.35. The van der Waals surface area contributed by atoms with Gasteiger partial charge in [-0.15, -0.1) is 11.8 Å². The Kier molecular flexibility index (Phi) is 9.55. The number of thioether (sulfide) groups is 1.